The van der Waals surface area contributed by atoms with E-state index in [0.717, 1.165) is 68.6 Å². The topological polar surface area (TPSA) is 51.0 Å². The highest BCUT2D eigenvalue weighted by molar-refractivity contribution is 6.02. The first kappa shape index (κ1) is 29.2. The number of hydrogen-bond donors (Lipinski definition) is 0. The van der Waals surface area contributed by atoms with Crippen molar-refractivity contribution >= 4 is 28.8 Å². The van der Waals surface area contributed by atoms with E-state index in [1.807, 2.05) is 73.0 Å². The molecule has 0 bridgehead atoms. The fraction of sp³-hybridized carbons (Fsp3) is 0.0455. The van der Waals surface area contributed by atoms with Gasteiger partial charge in [0.05, 0.1) is 5.70 Å². The highest BCUT2D eigenvalue weighted by Gasteiger charge is 2.17. The van der Waals surface area contributed by atoms with Gasteiger partial charge in [0, 0.05) is 22.9 Å². The second kappa shape index (κ2) is 12.9. The molecule has 2 heterocycles. The Morgan fingerprint density at radius 1 is 0.479 bits per heavy atom. The Morgan fingerprint density at radius 2 is 1.06 bits per heavy atom. The molecule has 228 valence electrons. The van der Waals surface area contributed by atoms with Crippen molar-refractivity contribution in [2.75, 3.05) is 0 Å². The summed E-state index contributed by atoms with van der Waals surface area (Å²) in [4.78, 5) is 19.7. The van der Waals surface area contributed by atoms with Crippen molar-refractivity contribution in [3.05, 3.63) is 163 Å². The second-order valence-corrected chi connectivity index (χ2v) is 11.8. The Morgan fingerprint density at radius 3 is 1.71 bits per heavy atom. The molecule has 1 aliphatic heterocycles. The molecule has 0 spiro atoms. The average molecular weight is 617 g/mol. The van der Waals surface area contributed by atoms with Crippen LogP contribution < -0.4 is 0 Å². The quantitative estimate of drug-likeness (QED) is 0.179. The van der Waals surface area contributed by atoms with Gasteiger partial charge in [-0.05, 0) is 75.2 Å². The summed E-state index contributed by atoms with van der Waals surface area (Å²) < 4.78 is 0. The summed E-state index contributed by atoms with van der Waals surface area (Å²) in [6.07, 6.45) is 8.16. The Bertz CT molecular complexity index is 2280. The van der Waals surface area contributed by atoms with Gasteiger partial charge in [0.15, 0.2) is 17.5 Å². The Labute approximate surface area is 280 Å². The monoisotopic (exact) mass is 616 g/mol. The maximum absolute atomic E-state index is 5.08. The molecular weight excluding hydrogens is 585 g/mol. The van der Waals surface area contributed by atoms with Crippen molar-refractivity contribution in [2.45, 2.75) is 12.8 Å². The molecule has 0 aliphatic carbocycles. The Balaban J connectivity index is 1.36. The van der Waals surface area contributed by atoms with Gasteiger partial charge in [-0.3, -0.25) is 4.99 Å². The van der Waals surface area contributed by atoms with Crippen LogP contribution in [0.25, 0.3) is 79.0 Å². The van der Waals surface area contributed by atoms with Crippen LogP contribution in [0.1, 0.15) is 24.0 Å². The van der Waals surface area contributed by atoms with Crippen LogP contribution in [0.15, 0.2) is 157 Å². The molecule has 0 radical (unpaired) electrons. The SMILES string of the molecule is C=Cc1ccc2ccccc2c1-c1cc(-c2ccc(C3=CCCC=N3)cc2)cc(-c2nc(-c3ccccc3)nc(-c3ccccc3)n2)c1. The first-order valence-electron chi connectivity index (χ1n) is 16.2. The molecule has 0 saturated heterocycles. The average Bonchev–Trinajstić information content (AvgIpc) is 3.18. The van der Waals surface area contributed by atoms with E-state index < -0.39 is 0 Å². The van der Waals surface area contributed by atoms with E-state index in [4.69, 9.17) is 15.0 Å². The normalized spacial score (nSPS) is 12.5. The highest BCUT2D eigenvalue weighted by Crippen LogP contribution is 2.38. The Kier molecular flexibility index (Phi) is 7.81. The molecule has 4 nitrogen and oxygen atoms in total. The third-order valence-electron chi connectivity index (χ3n) is 8.74. The molecule has 8 rings (SSSR count). The molecule has 0 N–H and O–H groups in total. The lowest BCUT2D eigenvalue weighted by molar-refractivity contribution is 1.07. The lowest BCUT2D eigenvalue weighted by atomic mass is 9.89. The fourth-order valence-corrected chi connectivity index (χ4v) is 6.32. The number of rotatable bonds is 7. The van der Waals surface area contributed by atoms with Gasteiger partial charge in [-0.25, -0.2) is 15.0 Å². The minimum atomic E-state index is 0.615. The number of nitrogens with zero attached hydrogens (tertiary/aromatic N) is 4. The number of aliphatic imine (C=N–C) groups is 1. The van der Waals surface area contributed by atoms with Gasteiger partial charge in [0.25, 0.3) is 0 Å². The van der Waals surface area contributed by atoms with Crippen LogP contribution in [0, 0.1) is 0 Å². The van der Waals surface area contributed by atoms with Crippen molar-refractivity contribution < 1.29 is 0 Å². The minimum Gasteiger partial charge on any atom is -0.261 e. The molecule has 6 aromatic carbocycles. The van der Waals surface area contributed by atoms with Crippen LogP contribution >= 0.6 is 0 Å². The molecule has 0 unspecified atom stereocenters. The summed E-state index contributed by atoms with van der Waals surface area (Å²) in [6.45, 7) is 4.18. The van der Waals surface area contributed by atoms with Crippen molar-refractivity contribution in [1.82, 2.24) is 15.0 Å². The minimum absolute atomic E-state index is 0.615. The van der Waals surface area contributed by atoms with Gasteiger partial charge in [-0.15, -0.1) is 0 Å². The predicted molar refractivity (Wildman–Crippen MR) is 200 cm³/mol. The molecule has 48 heavy (non-hydrogen) atoms. The molecule has 4 heteroatoms. The zero-order valence-electron chi connectivity index (χ0n) is 26.4. The lowest BCUT2D eigenvalue weighted by Gasteiger charge is -2.16. The summed E-state index contributed by atoms with van der Waals surface area (Å²) in [5, 5.41) is 2.34. The summed E-state index contributed by atoms with van der Waals surface area (Å²) in [6, 6.07) is 48.3. The maximum atomic E-state index is 5.08. The summed E-state index contributed by atoms with van der Waals surface area (Å²) >= 11 is 0. The van der Waals surface area contributed by atoms with Gasteiger partial charge < -0.3 is 0 Å². The van der Waals surface area contributed by atoms with Crippen LogP contribution in [0.2, 0.25) is 0 Å². The van der Waals surface area contributed by atoms with Crippen LogP contribution in [-0.4, -0.2) is 21.2 Å². The van der Waals surface area contributed by atoms with Gasteiger partial charge in [0.1, 0.15) is 0 Å². The Hall–Kier alpha value is -6.26. The lowest BCUT2D eigenvalue weighted by Crippen LogP contribution is -2.00. The maximum Gasteiger partial charge on any atom is 0.164 e. The molecule has 0 fully saturated rings. The van der Waals surface area contributed by atoms with Crippen molar-refractivity contribution in [3.63, 3.8) is 0 Å². The van der Waals surface area contributed by atoms with Crippen molar-refractivity contribution in [2.24, 2.45) is 4.99 Å². The van der Waals surface area contributed by atoms with Crippen LogP contribution in [0.3, 0.4) is 0 Å². The van der Waals surface area contributed by atoms with Gasteiger partial charge in [-0.1, -0.05) is 140 Å². The van der Waals surface area contributed by atoms with Crippen molar-refractivity contribution in [1.29, 1.82) is 0 Å². The third kappa shape index (κ3) is 5.76. The second-order valence-electron chi connectivity index (χ2n) is 11.8. The van der Waals surface area contributed by atoms with Gasteiger partial charge in [-0.2, -0.15) is 0 Å². The van der Waals surface area contributed by atoms with E-state index in [1.165, 1.54) is 10.8 Å². The summed E-state index contributed by atoms with van der Waals surface area (Å²) in [5.41, 5.74) is 10.4. The van der Waals surface area contributed by atoms with E-state index in [9.17, 15) is 0 Å². The van der Waals surface area contributed by atoms with Crippen LogP contribution in [-0.2, 0) is 0 Å². The van der Waals surface area contributed by atoms with E-state index >= 15 is 0 Å². The summed E-state index contributed by atoms with van der Waals surface area (Å²) in [5.74, 6) is 1.88. The molecule has 7 aromatic rings. The number of benzene rings is 6. The predicted octanol–water partition coefficient (Wildman–Crippen LogP) is 11.2. The van der Waals surface area contributed by atoms with E-state index in [1.54, 1.807) is 0 Å². The van der Waals surface area contributed by atoms with E-state index in [2.05, 4.69) is 96.5 Å². The highest BCUT2D eigenvalue weighted by atomic mass is 15.0. The van der Waals surface area contributed by atoms with Crippen LogP contribution in [0.4, 0.5) is 0 Å². The first-order valence-corrected chi connectivity index (χ1v) is 16.2. The largest absolute Gasteiger partial charge is 0.261 e. The zero-order chi connectivity index (χ0) is 32.3. The van der Waals surface area contributed by atoms with Crippen LogP contribution in [0.5, 0.6) is 0 Å². The molecule has 1 aromatic heterocycles. The number of allylic oxidation sites excluding steroid dienone is 1. The number of fused-ring (bicyclic) bond motifs is 1. The number of hydrogen-bond acceptors (Lipinski definition) is 4. The molecular formula is C44H32N4. The zero-order valence-corrected chi connectivity index (χ0v) is 26.4. The first-order chi connectivity index (χ1) is 23.7. The molecule has 0 amide bonds. The molecule has 1 aliphatic rings. The van der Waals surface area contributed by atoms with Gasteiger partial charge in [0.2, 0.25) is 0 Å². The standard InChI is InChI=1S/C44H32N4/c1-2-30-20-23-32-13-9-10-18-39(32)41(30)37-27-36(31-21-24-33(25-22-31)40-19-11-12-26-45-40)28-38(29-37)44-47-42(34-14-5-3-6-15-34)46-43(48-44)35-16-7-4-8-17-35/h2-10,13-29H,1,11-12H2. The smallest absolute Gasteiger partial charge is 0.164 e. The van der Waals surface area contributed by atoms with Gasteiger partial charge >= 0.3 is 0 Å². The third-order valence-corrected chi connectivity index (χ3v) is 8.74. The molecule has 0 atom stereocenters. The number of aromatic nitrogens is 3. The van der Waals surface area contributed by atoms with Crippen molar-refractivity contribution in [3.8, 4) is 56.4 Å². The molecule has 0 saturated carbocycles. The summed E-state index contributed by atoms with van der Waals surface area (Å²) in [7, 11) is 0. The van der Waals surface area contributed by atoms with E-state index in [0.29, 0.717) is 17.5 Å². The van der Waals surface area contributed by atoms with E-state index in [-0.39, 0.29) is 0 Å². The fourth-order valence-electron chi connectivity index (χ4n) is 6.32.